The zero-order chi connectivity index (χ0) is 19.0. The molecule has 0 radical (unpaired) electrons. The Bertz CT molecular complexity index is 1110. The number of halogens is 3. The number of carbonyl (C=O) groups is 1. The van der Waals surface area contributed by atoms with Gasteiger partial charge >= 0.3 is 12.1 Å². The minimum Gasteiger partial charge on any atom is -0.329 e. The lowest BCUT2D eigenvalue weighted by atomic mass is 10.1. The second-order valence-electron chi connectivity index (χ2n) is 5.68. The zero-order valence-electron chi connectivity index (χ0n) is 13.6. The van der Waals surface area contributed by atoms with Crippen LogP contribution in [0.2, 0.25) is 0 Å². The number of hydrogen-bond donors (Lipinski definition) is 1. The highest BCUT2D eigenvalue weighted by Gasteiger charge is 2.38. The van der Waals surface area contributed by atoms with Gasteiger partial charge in [0.25, 0.3) is 5.91 Å². The first-order valence-electron chi connectivity index (χ1n) is 7.80. The highest BCUT2D eigenvalue weighted by Crippen LogP contribution is 2.29. The van der Waals surface area contributed by atoms with Crippen molar-refractivity contribution >= 4 is 16.8 Å². The molecule has 1 amide bonds. The summed E-state index contributed by atoms with van der Waals surface area (Å²) in [6.45, 7) is 0. The van der Waals surface area contributed by atoms with Gasteiger partial charge in [-0.05, 0) is 24.3 Å². The van der Waals surface area contributed by atoms with Crippen LogP contribution in [-0.4, -0.2) is 20.7 Å². The molecule has 0 aliphatic rings. The first-order chi connectivity index (χ1) is 12.9. The lowest BCUT2D eigenvalue weighted by Gasteiger charge is -2.08. The van der Waals surface area contributed by atoms with Crippen molar-refractivity contribution in [1.29, 1.82) is 0 Å². The zero-order valence-corrected chi connectivity index (χ0v) is 13.6. The molecule has 0 atom stereocenters. The fraction of sp³-hybridized carbons (Fsp3) is 0.0556. The van der Waals surface area contributed by atoms with Gasteiger partial charge in [0.2, 0.25) is 5.82 Å². The highest BCUT2D eigenvalue weighted by atomic mass is 19.4. The molecule has 0 spiro atoms. The third-order valence-corrected chi connectivity index (χ3v) is 3.90. The van der Waals surface area contributed by atoms with Crippen LogP contribution in [0, 0.1) is 0 Å². The second kappa shape index (κ2) is 6.27. The van der Waals surface area contributed by atoms with Gasteiger partial charge in [0.05, 0.1) is 5.52 Å². The lowest BCUT2D eigenvalue weighted by Crippen LogP contribution is -2.21. The van der Waals surface area contributed by atoms with Crippen LogP contribution >= 0.6 is 0 Å². The fourth-order valence-electron chi connectivity index (χ4n) is 2.58. The molecular weight excluding hydrogens is 361 g/mol. The average molecular weight is 372 g/mol. The topological polar surface area (TPSA) is 73.0 Å². The molecule has 2 heterocycles. The number of rotatable bonds is 3. The highest BCUT2D eigenvalue weighted by molar-refractivity contribution is 6.01. The van der Waals surface area contributed by atoms with Gasteiger partial charge in [-0.15, -0.1) is 0 Å². The summed E-state index contributed by atoms with van der Waals surface area (Å²) < 4.78 is 43.4. The van der Waals surface area contributed by atoms with Crippen molar-refractivity contribution in [3.05, 3.63) is 72.2 Å². The maximum Gasteiger partial charge on any atom is 0.471 e. The van der Waals surface area contributed by atoms with Crippen LogP contribution in [0.5, 0.6) is 0 Å². The summed E-state index contributed by atoms with van der Waals surface area (Å²) in [7, 11) is 0. The van der Waals surface area contributed by atoms with Crippen molar-refractivity contribution in [2.45, 2.75) is 6.18 Å². The molecule has 4 rings (SSSR count). The number of para-hydroxylation sites is 1. The van der Waals surface area contributed by atoms with Crippen LogP contribution in [0.15, 0.2) is 65.3 Å². The van der Waals surface area contributed by atoms with E-state index >= 15 is 0 Å². The van der Waals surface area contributed by atoms with Crippen LogP contribution < -0.4 is 5.43 Å². The third-order valence-electron chi connectivity index (χ3n) is 3.90. The van der Waals surface area contributed by atoms with E-state index in [0.29, 0.717) is 11.1 Å². The number of fused-ring (bicyclic) bond motifs is 1. The van der Waals surface area contributed by atoms with Crippen molar-refractivity contribution in [1.82, 2.24) is 14.8 Å². The lowest BCUT2D eigenvalue weighted by molar-refractivity contribution is -0.159. The molecular formula is C18H11F3N4O2. The molecule has 0 aliphatic heterocycles. The van der Waals surface area contributed by atoms with Gasteiger partial charge < -0.3 is 4.52 Å². The Morgan fingerprint density at radius 2 is 1.78 bits per heavy atom. The molecule has 0 saturated heterocycles. The molecule has 2 aromatic heterocycles. The number of nitrogens with zero attached hydrogens (tertiary/aromatic N) is 3. The van der Waals surface area contributed by atoms with Crippen LogP contribution in [0.3, 0.4) is 0 Å². The number of alkyl halides is 3. The minimum absolute atomic E-state index is 0.203. The molecule has 0 fully saturated rings. The number of aromatic nitrogens is 3. The van der Waals surface area contributed by atoms with E-state index in [2.05, 4.69) is 20.1 Å². The van der Waals surface area contributed by atoms with E-state index in [1.54, 1.807) is 10.9 Å². The van der Waals surface area contributed by atoms with E-state index in [1.807, 2.05) is 30.3 Å². The fourth-order valence-corrected chi connectivity index (χ4v) is 2.58. The Morgan fingerprint density at radius 1 is 1.04 bits per heavy atom. The molecule has 0 unspecified atom stereocenters. The van der Waals surface area contributed by atoms with E-state index in [-0.39, 0.29) is 11.7 Å². The summed E-state index contributed by atoms with van der Waals surface area (Å²) in [5.74, 6) is -1.99. The summed E-state index contributed by atoms with van der Waals surface area (Å²) in [4.78, 5) is 15.7. The molecule has 6 nitrogen and oxygen atoms in total. The maximum atomic E-state index is 12.5. The van der Waals surface area contributed by atoms with Gasteiger partial charge in [-0.1, -0.05) is 35.5 Å². The van der Waals surface area contributed by atoms with Crippen molar-refractivity contribution < 1.29 is 22.5 Å². The smallest absolute Gasteiger partial charge is 0.329 e. The average Bonchev–Trinajstić information content (AvgIpc) is 3.30. The molecule has 1 N–H and O–H groups in total. The molecule has 0 aliphatic carbocycles. The number of benzene rings is 2. The standard InChI is InChI=1S/C18H11F3N4O2/c19-18(20,21)17-22-15(24-27-17)12-5-7-13(8-6-12)16(26)23-25-10-9-11-3-1-2-4-14(11)25/h1-10H,(H,23,26). The largest absolute Gasteiger partial charge is 0.471 e. The normalized spacial score (nSPS) is 11.7. The Hall–Kier alpha value is -3.62. The van der Waals surface area contributed by atoms with Crippen molar-refractivity contribution in [3.8, 4) is 11.4 Å². The summed E-state index contributed by atoms with van der Waals surface area (Å²) in [5.41, 5.74) is 4.22. The number of nitrogens with one attached hydrogen (secondary N) is 1. The molecule has 136 valence electrons. The minimum atomic E-state index is -4.70. The van der Waals surface area contributed by atoms with Gasteiger partial charge in [-0.25, -0.2) is 0 Å². The second-order valence-corrected chi connectivity index (χ2v) is 5.68. The molecule has 9 heteroatoms. The molecule has 2 aromatic carbocycles. The Morgan fingerprint density at radius 3 is 2.48 bits per heavy atom. The Kier molecular flexibility index (Phi) is 3.91. The third kappa shape index (κ3) is 3.26. The summed E-state index contributed by atoms with van der Waals surface area (Å²) in [5, 5.41) is 4.29. The summed E-state index contributed by atoms with van der Waals surface area (Å²) in [6, 6.07) is 15.3. The van der Waals surface area contributed by atoms with Gasteiger partial charge in [0.15, 0.2) is 0 Å². The van der Waals surface area contributed by atoms with Crippen LogP contribution in [0.25, 0.3) is 22.3 Å². The van der Waals surface area contributed by atoms with E-state index in [4.69, 9.17) is 0 Å². The number of hydrogen-bond acceptors (Lipinski definition) is 4. The van der Waals surface area contributed by atoms with Gasteiger partial charge in [-0.2, -0.15) is 18.2 Å². The first kappa shape index (κ1) is 16.8. The monoisotopic (exact) mass is 372 g/mol. The Labute approximate surface area is 150 Å². The van der Waals surface area contributed by atoms with Crippen LogP contribution in [0.1, 0.15) is 16.2 Å². The molecule has 0 saturated carbocycles. The van der Waals surface area contributed by atoms with Crippen LogP contribution in [-0.2, 0) is 6.18 Å². The number of carbonyl (C=O) groups excluding carboxylic acids is 1. The van der Waals surface area contributed by atoms with Gasteiger partial charge in [0, 0.05) is 22.7 Å². The quantitative estimate of drug-likeness (QED) is 0.588. The maximum absolute atomic E-state index is 12.5. The van der Waals surface area contributed by atoms with Gasteiger partial charge in [0.1, 0.15) is 0 Å². The van der Waals surface area contributed by atoms with E-state index in [1.165, 1.54) is 24.3 Å². The van der Waals surface area contributed by atoms with E-state index in [0.717, 1.165) is 10.9 Å². The predicted molar refractivity (Wildman–Crippen MR) is 90.4 cm³/mol. The first-order valence-corrected chi connectivity index (χ1v) is 7.80. The molecule has 4 aromatic rings. The molecule has 27 heavy (non-hydrogen) atoms. The summed E-state index contributed by atoms with van der Waals surface area (Å²) in [6.07, 6.45) is -2.97. The molecule has 0 bridgehead atoms. The van der Waals surface area contributed by atoms with Crippen molar-refractivity contribution in [2.24, 2.45) is 0 Å². The van der Waals surface area contributed by atoms with Crippen molar-refractivity contribution in [2.75, 3.05) is 5.43 Å². The van der Waals surface area contributed by atoms with Crippen LogP contribution in [0.4, 0.5) is 13.2 Å². The summed E-state index contributed by atoms with van der Waals surface area (Å²) >= 11 is 0. The van der Waals surface area contributed by atoms with Crippen molar-refractivity contribution in [3.63, 3.8) is 0 Å². The van der Waals surface area contributed by atoms with Gasteiger partial charge in [-0.3, -0.25) is 14.9 Å². The number of amides is 1. The Balaban J connectivity index is 1.53. The predicted octanol–water partition coefficient (Wildman–Crippen LogP) is 4.09. The SMILES string of the molecule is O=C(Nn1ccc2ccccc21)c1ccc(-c2noc(C(F)(F)F)n2)cc1. The van der Waals surface area contributed by atoms with E-state index < -0.39 is 12.1 Å². The van der Waals surface area contributed by atoms with E-state index in [9.17, 15) is 18.0 Å².